The second-order valence-electron chi connectivity index (χ2n) is 3.08. The fourth-order valence-corrected chi connectivity index (χ4v) is 1.57. The minimum Gasteiger partial charge on any atom is -0.392 e. The van der Waals surface area contributed by atoms with E-state index >= 15 is 0 Å². The maximum absolute atomic E-state index is 12.9. The third-order valence-electron chi connectivity index (χ3n) is 2.21. The number of aryl methyl sites for hydroxylation is 1. The summed E-state index contributed by atoms with van der Waals surface area (Å²) in [6.07, 6.45) is 1.81. The molecule has 0 radical (unpaired) electrons. The summed E-state index contributed by atoms with van der Waals surface area (Å²) in [6, 6.07) is 4.56. The standard InChI is InChI=1S/C10H10FNO/c1-12-5-7(6-13)9-3-2-8(11)4-10(9)12/h2-5,13H,6H2,1H3. The van der Waals surface area contributed by atoms with Gasteiger partial charge in [-0.3, -0.25) is 0 Å². The molecule has 1 aromatic heterocycles. The number of nitrogens with zero attached hydrogens (tertiary/aromatic N) is 1. The van der Waals surface area contributed by atoms with E-state index in [0.29, 0.717) is 0 Å². The number of aliphatic hydroxyl groups excluding tert-OH is 1. The first kappa shape index (κ1) is 8.26. The Morgan fingerprint density at radius 3 is 2.92 bits per heavy atom. The van der Waals surface area contributed by atoms with Gasteiger partial charge in [0.2, 0.25) is 0 Å². The Kier molecular flexibility index (Phi) is 1.81. The Hall–Kier alpha value is -1.35. The van der Waals surface area contributed by atoms with Crippen LogP contribution in [0, 0.1) is 5.82 Å². The largest absolute Gasteiger partial charge is 0.392 e. The van der Waals surface area contributed by atoms with Gasteiger partial charge in [0, 0.05) is 24.2 Å². The van der Waals surface area contributed by atoms with E-state index in [1.807, 2.05) is 17.8 Å². The van der Waals surface area contributed by atoms with Crippen LogP contribution in [0.15, 0.2) is 24.4 Å². The molecule has 0 bridgehead atoms. The molecule has 0 saturated heterocycles. The summed E-state index contributed by atoms with van der Waals surface area (Å²) < 4.78 is 14.7. The normalized spacial score (nSPS) is 11.0. The lowest BCUT2D eigenvalue weighted by atomic mass is 10.2. The fraction of sp³-hybridized carbons (Fsp3) is 0.200. The van der Waals surface area contributed by atoms with Crippen LogP contribution >= 0.6 is 0 Å². The first-order valence-corrected chi connectivity index (χ1v) is 4.06. The number of hydrogen-bond acceptors (Lipinski definition) is 1. The van der Waals surface area contributed by atoms with Crippen LogP contribution in [0.5, 0.6) is 0 Å². The SMILES string of the molecule is Cn1cc(CO)c2ccc(F)cc21. The minimum absolute atomic E-state index is 0.0109. The van der Waals surface area contributed by atoms with Crippen LogP contribution in [0.3, 0.4) is 0 Å². The van der Waals surface area contributed by atoms with E-state index < -0.39 is 0 Å². The number of hydrogen-bond donors (Lipinski definition) is 1. The molecule has 0 saturated carbocycles. The van der Waals surface area contributed by atoms with Gasteiger partial charge < -0.3 is 9.67 Å². The van der Waals surface area contributed by atoms with Crippen LogP contribution in [0.4, 0.5) is 4.39 Å². The molecule has 0 amide bonds. The van der Waals surface area contributed by atoms with Gasteiger partial charge in [0.25, 0.3) is 0 Å². The molecule has 68 valence electrons. The summed E-state index contributed by atoms with van der Waals surface area (Å²) in [5, 5.41) is 9.92. The third-order valence-corrected chi connectivity index (χ3v) is 2.21. The predicted molar refractivity (Wildman–Crippen MR) is 48.8 cm³/mol. The number of fused-ring (bicyclic) bond motifs is 1. The van der Waals surface area contributed by atoms with Gasteiger partial charge in [-0.2, -0.15) is 0 Å². The molecule has 0 atom stereocenters. The van der Waals surface area contributed by atoms with Crippen molar-refractivity contribution in [2.75, 3.05) is 0 Å². The molecule has 1 aromatic carbocycles. The van der Waals surface area contributed by atoms with Gasteiger partial charge in [-0.15, -0.1) is 0 Å². The summed E-state index contributed by atoms with van der Waals surface area (Å²) in [7, 11) is 1.83. The summed E-state index contributed by atoms with van der Waals surface area (Å²) >= 11 is 0. The van der Waals surface area contributed by atoms with Crippen molar-refractivity contribution in [3.8, 4) is 0 Å². The number of aromatic nitrogens is 1. The van der Waals surface area contributed by atoms with Crippen molar-refractivity contribution in [3.05, 3.63) is 35.8 Å². The molecule has 2 aromatic rings. The van der Waals surface area contributed by atoms with E-state index in [2.05, 4.69) is 0 Å². The number of benzene rings is 1. The molecule has 13 heavy (non-hydrogen) atoms. The maximum Gasteiger partial charge on any atom is 0.125 e. The molecular formula is C10H10FNO. The second-order valence-corrected chi connectivity index (χ2v) is 3.08. The summed E-state index contributed by atoms with van der Waals surface area (Å²) in [4.78, 5) is 0. The van der Waals surface area contributed by atoms with Crippen LogP contribution in [-0.2, 0) is 13.7 Å². The summed E-state index contributed by atoms with van der Waals surface area (Å²) in [6.45, 7) is -0.0109. The van der Waals surface area contributed by atoms with Gasteiger partial charge in [0.1, 0.15) is 5.82 Å². The first-order valence-electron chi connectivity index (χ1n) is 4.06. The Labute approximate surface area is 75.2 Å². The van der Waals surface area contributed by atoms with E-state index in [-0.39, 0.29) is 12.4 Å². The van der Waals surface area contributed by atoms with Crippen LogP contribution in [0.2, 0.25) is 0 Å². The first-order chi connectivity index (χ1) is 6.22. The molecule has 2 rings (SSSR count). The lowest BCUT2D eigenvalue weighted by Crippen LogP contribution is -1.83. The van der Waals surface area contributed by atoms with Gasteiger partial charge in [0.05, 0.1) is 12.1 Å². The maximum atomic E-state index is 12.9. The van der Waals surface area contributed by atoms with Crippen LogP contribution in [-0.4, -0.2) is 9.67 Å². The van der Waals surface area contributed by atoms with Crippen molar-refractivity contribution in [1.82, 2.24) is 4.57 Å². The molecule has 0 unspecified atom stereocenters. The van der Waals surface area contributed by atoms with Crippen molar-refractivity contribution in [2.45, 2.75) is 6.61 Å². The van der Waals surface area contributed by atoms with Gasteiger partial charge in [-0.25, -0.2) is 4.39 Å². The molecule has 3 heteroatoms. The Morgan fingerprint density at radius 1 is 1.46 bits per heavy atom. The average Bonchev–Trinajstić information content (AvgIpc) is 2.43. The summed E-state index contributed by atoms with van der Waals surface area (Å²) in [5.74, 6) is -0.252. The molecule has 0 aliphatic carbocycles. The fourth-order valence-electron chi connectivity index (χ4n) is 1.57. The molecule has 0 aliphatic rings. The van der Waals surface area contributed by atoms with Crippen molar-refractivity contribution < 1.29 is 9.50 Å². The van der Waals surface area contributed by atoms with Crippen molar-refractivity contribution in [3.63, 3.8) is 0 Å². The smallest absolute Gasteiger partial charge is 0.125 e. The van der Waals surface area contributed by atoms with Crippen molar-refractivity contribution in [1.29, 1.82) is 0 Å². The quantitative estimate of drug-likeness (QED) is 0.709. The van der Waals surface area contributed by atoms with E-state index in [4.69, 9.17) is 5.11 Å². The Bertz CT molecular complexity index is 447. The summed E-state index contributed by atoms with van der Waals surface area (Å²) in [5.41, 5.74) is 1.64. The van der Waals surface area contributed by atoms with E-state index in [9.17, 15) is 4.39 Å². The van der Waals surface area contributed by atoms with E-state index in [1.165, 1.54) is 12.1 Å². The highest BCUT2D eigenvalue weighted by atomic mass is 19.1. The third kappa shape index (κ3) is 1.21. The molecule has 0 spiro atoms. The van der Waals surface area contributed by atoms with E-state index in [1.54, 1.807) is 6.07 Å². The molecule has 0 aliphatic heterocycles. The zero-order valence-corrected chi connectivity index (χ0v) is 7.29. The molecule has 0 fully saturated rings. The van der Waals surface area contributed by atoms with E-state index in [0.717, 1.165) is 16.5 Å². The zero-order chi connectivity index (χ0) is 9.42. The number of halogens is 1. The highest BCUT2D eigenvalue weighted by Crippen LogP contribution is 2.21. The molecule has 1 heterocycles. The Balaban J connectivity index is 2.80. The van der Waals surface area contributed by atoms with Gasteiger partial charge in [-0.05, 0) is 18.2 Å². The predicted octanol–water partition coefficient (Wildman–Crippen LogP) is 1.81. The second kappa shape index (κ2) is 2.85. The molecular weight excluding hydrogens is 169 g/mol. The van der Waals surface area contributed by atoms with Crippen molar-refractivity contribution in [2.24, 2.45) is 7.05 Å². The lowest BCUT2D eigenvalue weighted by Gasteiger charge is -1.95. The highest BCUT2D eigenvalue weighted by molar-refractivity contribution is 5.83. The van der Waals surface area contributed by atoms with Gasteiger partial charge in [0.15, 0.2) is 0 Å². The molecule has 2 nitrogen and oxygen atoms in total. The number of rotatable bonds is 1. The van der Waals surface area contributed by atoms with Gasteiger partial charge in [-0.1, -0.05) is 0 Å². The van der Waals surface area contributed by atoms with Crippen LogP contribution < -0.4 is 0 Å². The van der Waals surface area contributed by atoms with Crippen LogP contribution in [0.25, 0.3) is 10.9 Å². The average molecular weight is 179 g/mol. The highest BCUT2D eigenvalue weighted by Gasteiger charge is 2.05. The lowest BCUT2D eigenvalue weighted by molar-refractivity contribution is 0.283. The Morgan fingerprint density at radius 2 is 2.23 bits per heavy atom. The monoisotopic (exact) mass is 179 g/mol. The molecule has 1 N–H and O–H groups in total. The zero-order valence-electron chi connectivity index (χ0n) is 7.29. The number of aliphatic hydroxyl groups is 1. The van der Waals surface area contributed by atoms with Crippen molar-refractivity contribution >= 4 is 10.9 Å². The van der Waals surface area contributed by atoms with Gasteiger partial charge >= 0.3 is 0 Å². The minimum atomic E-state index is -0.252. The topological polar surface area (TPSA) is 25.2 Å². The van der Waals surface area contributed by atoms with Crippen LogP contribution in [0.1, 0.15) is 5.56 Å².